The van der Waals surface area contributed by atoms with Crippen LogP contribution in [0.1, 0.15) is 17.7 Å². The lowest BCUT2D eigenvalue weighted by Gasteiger charge is -2.05. The third-order valence-electron chi connectivity index (χ3n) is 2.98. The Balaban J connectivity index is 1.67. The number of hydrogen-bond acceptors (Lipinski definition) is 2. The number of carbonyl (C=O) groups excluding carboxylic acids is 1. The van der Waals surface area contributed by atoms with Crippen LogP contribution in [0.5, 0.6) is 0 Å². The number of hydrogen-bond donors (Lipinski definition) is 1. The normalized spacial score (nSPS) is 10.5. The molecule has 0 fully saturated rings. The lowest BCUT2D eigenvalue weighted by Crippen LogP contribution is -2.26. The Morgan fingerprint density at radius 2 is 2.10 bits per heavy atom. The number of carbonyl (C=O) groups is 1. The van der Waals surface area contributed by atoms with E-state index >= 15 is 0 Å². The third kappa shape index (κ3) is 4.38. The summed E-state index contributed by atoms with van der Waals surface area (Å²) in [5.74, 6) is 0.0471. The van der Waals surface area contributed by atoms with Crippen LogP contribution in [0.25, 0.3) is 0 Å². The van der Waals surface area contributed by atoms with Gasteiger partial charge in [0.25, 0.3) is 0 Å². The number of amides is 1. The second-order valence-corrected chi connectivity index (χ2v) is 5.10. The fourth-order valence-electron chi connectivity index (χ4n) is 1.92. The summed E-state index contributed by atoms with van der Waals surface area (Å²) in [5.41, 5.74) is 1.86. The largest absolute Gasteiger partial charge is 0.356 e. The second kappa shape index (κ2) is 7.10. The standard InChI is InChI=1S/C15H18ClN3O/c1-12-14(16)11-19(18-12)9-5-8-17-15(20)10-13-6-3-2-4-7-13/h2-4,6-7,11H,5,8-10H2,1H3,(H,17,20). The maximum absolute atomic E-state index is 11.7. The van der Waals surface area contributed by atoms with Crippen LogP contribution in [-0.2, 0) is 17.8 Å². The molecule has 2 aromatic rings. The zero-order valence-corrected chi connectivity index (χ0v) is 12.2. The van der Waals surface area contributed by atoms with Crippen LogP contribution in [0.3, 0.4) is 0 Å². The van der Waals surface area contributed by atoms with E-state index in [-0.39, 0.29) is 5.91 Å². The summed E-state index contributed by atoms with van der Waals surface area (Å²) in [5, 5.41) is 7.86. The number of halogens is 1. The Hall–Kier alpha value is -1.81. The monoisotopic (exact) mass is 291 g/mol. The van der Waals surface area contributed by atoms with Gasteiger partial charge in [-0.2, -0.15) is 5.10 Å². The number of aryl methyl sites for hydroxylation is 2. The van der Waals surface area contributed by atoms with Gasteiger partial charge in [-0.25, -0.2) is 0 Å². The summed E-state index contributed by atoms with van der Waals surface area (Å²) < 4.78 is 1.81. The zero-order chi connectivity index (χ0) is 14.4. The van der Waals surface area contributed by atoms with Gasteiger partial charge in [0.1, 0.15) is 0 Å². The van der Waals surface area contributed by atoms with Crippen molar-refractivity contribution in [3.05, 3.63) is 52.8 Å². The van der Waals surface area contributed by atoms with E-state index in [4.69, 9.17) is 11.6 Å². The van der Waals surface area contributed by atoms with Crippen molar-refractivity contribution in [2.75, 3.05) is 6.54 Å². The van der Waals surface area contributed by atoms with E-state index in [0.29, 0.717) is 18.0 Å². The smallest absolute Gasteiger partial charge is 0.224 e. The molecule has 1 amide bonds. The molecule has 0 aliphatic carbocycles. The third-order valence-corrected chi connectivity index (χ3v) is 3.35. The van der Waals surface area contributed by atoms with E-state index in [0.717, 1.165) is 24.2 Å². The molecule has 0 saturated heterocycles. The minimum absolute atomic E-state index is 0.0471. The van der Waals surface area contributed by atoms with E-state index in [2.05, 4.69) is 10.4 Å². The minimum Gasteiger partial charge on any atom is -0.356 e. The van der Waals surface area contributed by atoms with Gasteiger partial charge in [-0.1, -0.05) is 41.9 Å². The zero-order valence-electron chi connectivity index (χ0n) is 11.5. The first-order valence-corrected chi connectivity index (χ1v) is 7.03. The highest BCUT2D eigenvalue weighted by Gasteiger charge is 2.03. The van der Waals surface area contributed by atoms with Gasteiger partial charge in [0.2, 0.25) is 5.91 Å². The van der Waals surface area contributed by atoms with Gasteiger partial charge >= 0.3 is 0 Å². The average molecular weight is 292 g/mol. The van der Waals surface area contributed by atoms with Crippen molar-refractivity contribution in [1.29, 1.82) is 0 Å². The number of aromatic nitrogens is 2. The van der Waals surface area contributed by atoms with Crippen LogP contribution in [0.2, 0.25) is 5.02 Å². The van der Waals surface area contributed by atoms with Gasteiger partial charge < -0.3 is 5.32 Å². The molecular weight excluding hydrogens is 274 g/mol. The van der Waals surface area contributed by atoms with Crippen molar-refractivity contribution in [1.82, 2.24) is 15.1 Å². The van der Waals surface area contributed by atoms with Gasteiger partial charge in [-0.05, 0) is 18.9 Å². The van der Waals surface area contributed by atoms with Gasteiger partial charge in [-0.15, -0.1) is 0 Å². The number of rotatable bonds is 6. The van der Waals surface area contributed by atoms with E-state index in [1.54, 1.807) is 4.68 Å². The molecule has 0 aliphatic rings. The quantitative estimate of drug-likeness (QED) is 0.832. The Morgan fingerprint density at radius 3 is 2.75 bits per heavy atom. The minimum atomic E-state index is 0.0471. The molecule has 1 aromatic heterocycles. The summed E-state index contributed by atoms with van der Waals surface area (Å²) in [6.07, 6.45) is 3.06. The van der Waals surface area contributed by atoms with Gasteiger partial charge in [-0.3, -0.25) is 9.48 Å². The Kier molecular flexibility index (Phi) is 5.18. The van der Waals surface area contributed by atoms with Gasteiger partial charge in [0.15, 0.2) is 0 Å². The van der Waals surface area contributed by atoms with Crippen LogP contribution >= 0.6 is 11.6 Å². The van der Waals surface area contributed by atoms with Crippen LogP contribution in [-0.4, -0.2) is 22.2 Å². The molecule has 0 spiro atoms. The predicted molar refractivity (Wildman–Crippen MR) is 79.7 cm³/mol. The summed E-state index contributed by atoms with van der Waals surface area (Å²) >= 11 is 5.93. The first kappa shape index (κ1) is 14.6. The van der Waals surface area contributed by atoms with Crippen LogP contribution < -0.4 is 5.32 Å². The van der Waals surface area contributed by atoms with Crippen molar-refractivity contribution in [2.24, 2.45) is 0 Å². The Bertz CT molecular complexity index is 546. The molecule has 0 bridgehead atoms. The molecule has 2 rings (SSSR count). The van der Waals surface area contributed by atoms with Crippen LogP contribution in [0, 0.1) is 6.92 Å². The van der Waals surface area contributed by atoms with E-state index in [1.165, 1.54) is 0 Å². The molecule has 1 N–H and O–H groups in total. The summed E-state index contributed by atoms with van der Waals surface area (Å²) in [6.45, 7) is 3.27. The fraction of sp³-hybridized carbons (Fsp3) is 0.333. The number of nitrogens with one attached hydrogen (secondary N) is 1. The Morgan fingerprint density at radius 1 is 1.35 bits per heavy atom. The summed E-state index contributed by atoms with van der Waals surface area (Å²) in [7, 11) is 0. The molecule has 4 nitrogen and oxygen atoms in total. The highest BCUT2D eigenvalue weighted by atomic mass is 35.5. The molecule has 5 heteroatoms. The number of nitrogens with zero attached hydrogens (tertiary/aromatic N) is 2. The fourth-order valence-corrected chi connectivity index (χ4v) is 2.07. The van der Waals surface area contributed by atoms with Crippen molar-refractivity contribution in [3.8, 4) is 0 Å². The molecule has 1 heterocycles. The second-order valence-electron chi connectivity index (χ2n) is 4.69. The average Bonchev–Trinajstić information content (AvgIpc) is 2.75. The predicted octanol–water partition coefficient (Wildman–Crippen LogP) is 2.59. The molecule has 1 aromatic carbocycles. The highest BCUT2D eigenvalue weighted by Crippen LogP contribution is 2.11. The molecule has 0 radical (unpaired) electrons. The molecule has 106 valence electrons. The van der Waals surface area contributed by atoms with E-state index in [1.807, 2.05) is 43.5 Å². The first-order chi connectivity index (χ1) is 9.65. The van der Waals surface area contributed by atoms with E-state index in [9.17, 15) is 4.79 Å². The molecule has 20 heavy (non-hydrogen) atoms. The molecule has 0 saturated carbocycles. The van der Waals surface area contributed by atoms with Gasteiger partial charge in [0, 0.05) is 19.3 Å². The topological polar surface area (TPSA) is 46.9 Å². The Labute approximate surface area is 123 Å². The van der Waals surface area contributed by atoms with Gasteiger partial charge in [0.05, 0.1) is 17.1 Å². The molecule has 0 atom stereocenters. The van der Waals surface area contributed by atoms with Crippen molar-refractivity contribution < 1.29 is 4.79 Å². The van der Waals surface area contributed by atoms with Crippen molar-refractivity contribution >= 4 is 17.5 Å². The van der Waals surface area contributed by atoms with Crippen molar-refractivity contribution in [2.45, 2.75) is 26.3 Å². The molecule has 0 aliphatic heterocycles. The lowest BCUT2D eigenvalue weighted by molar-refractivity contribution is -0.120. The van der Waals surface area contributed by atoms with Crippen LogP contribution in [0.4, 0.5) is 0 Å². The molecule has 0 unspecified atom stereocenters. The lowest BCUT2D eigenvalue weighted by atomic mass is 10.1. The summed E-state index contributed by atoms with van der Waals surface area (Å²) in [4.78, 5) is 11.7. The molecular formula is C15H18ClN3O. The number of benzene rings is 1. The van der Waals surface area contributed by atoms with Crippen LogP contribution in [0.15, 0.2) is 36.5 Å². The highest BCUT2D eigenvalue weighted by molar-refractivity contribution is 6.31. The SMILES string of the molecule is Cc1nn(CCCNC(=O)Cc2ccccc2)cc1Cl. The van der Waals surface area contributed by atoms with Crippen molar-refractivity contribution in [3.63, 3.8) is 0 Å². The summed E-state index contributed by atoms with van der Waals surface area (Å²) in [6, 6.07) is 9.72. The maximum Gasteiger partial charge on any atom is 0.224 e. The first-order valence-electron chi connectivity index (χ1n) is 6.65. The maximum atomic E-state index is 11.7. The van der Waals surface area contributed by atoms with E-state index < -0.39 is 0 Å².